The van der Waals surface area contributed by atoms with Crippen molar-refractivity contribution in [2.24, 2.45) is 0 Å². The van der Waals surface area contributed by atoms with Crippen molar-refractivity contribution in [1.82, 2.24) is 0 Å². The first-order valence-corrected chi connectivity index (χ1v) is 7.16. The van der Waals surface area contributed by atoms with Crippen LogP contribution < -0.4 is 10.2 Å². The fraction of sp³-hybridized carbons (Fsp3) is 0.562. The highest BCUT2D eigenvalue weighted by Gasteiger charge is 2.28. The number of rotatable bonds is 2. The van der Waals surface area contributed by atoms with E-state index in [9.17, 15) is 4.79 Å². The standard InChI is InChI=1S/C16H24N2O2/c1-11(2)17-13-6-7-14-12(10-13)8-9-18(14)15(19)20-16(3,4)5/h6-7,10-11,17H,8-9H2,1-5H3. The number of nitrogens with one attached hydrogen (secondary N) is 1. The van der Waals surface area contributed by atoms with E-state index < -0.39 is 5.60 Å². The summed E-state index contributed by atoms with van der Waals surface area (Å²) in [6.45, 7) is 10.6. The first-order valence-electron chi connectivity index (χ1n) is 7.16. The van der Waals surface area contributed by atoms with Gasteiger partial charge in [0.2, 0.25) is 0 Å². The van der Waals surface area contributed by atoms with Crippen LogP contribution in [0.3, 0.4) is 0 Å². The normalized spacial score (nSPS) is 14.4. The highest BCUT2D eigenvalue weighted by atomic mass is 16.6. The molecule has 0 unspecified atom stereocenters. The SMILES string of the molecule is CC(C)Nc1ccc2c(c1)CCN2C(=O)OC(C)(C)C. The monoisotopic (exact) mass is 276 g/mol. The maximum atomic E-state index is 12.2. The molecular weight excluding hydrogens is 252 g/mol. The molecule has 1 aromatic rings. The van der Waals surface area contributed by atoms with Gasteiger partial charge < -0.3 is 10.1 Å². The van der Waals surface area contributed by atoms with Crippen molar-refractivity contribution >= 4 is 17.5 Å². The molecule has 1 aliphatic heterocycles. The number of ether oxygens (including phenoxy) is 1. The summed E-state index contributed by atoms with van der Waals surface area (Å²) in [6, 6.07) is 6.54. The van der Waals surface area contributed by atoms with Gasteiger partial charge in [-0.3, -0.25) is 4.90 Å². The lowest BCUT2D eigenvalue weighted by atomic mass is 10.1. The highest BCUT2D eigenvalue weighted by molar-refractivity contribution is 5.91. The van der Waals surface area contributed by atoms with Crippen LogP contribution in [0.15, 0.2) is 18.2 Å². The third-order valence-electron chi connectivity index (χ3n) is 3.04. The minimum Gasteiger partial charge on any atom is -0.443 e. The smallest absolute Gasteiger partial charge is 0.414 e. The summed E-state index contributed by atoms with van der Waals surface area (Å²) in [4.78, 5) is 13.9. The molecule has 0 aromatic heterocycles. The van der Waals surface area contributed by atoms with E-state index in [1.54, 1.807) is 4.90 Å². The number of benzene rings is 1. The van der Waals surface area contributed by atoms with Crippen LogP contribution in [0.25, 0.3) is 0 Å². The van der Waals surface area contributed by atoms with Crippen molar-refractivity contribution in [2.75, 3.05) is 16.8 Å². The van der Waals surface area contributed by atoms with Gasteiger partial charge in [-0.1, -0.05) is 0 Å². The number of nitrogens with zero attached hydrogens (tertiary/aromatic N) is 1. The summed E-state index contributed by atoms with van der Waals surface area (Å²) < 4.78 is 5.44. The Labute approximate surface area is 121 Å². The molecule has 0 aliphatic carbocycles. The van der Waals surface area contributed by atoms with Crippen LogP contribution in [0.2, 0.25) is 0 Å². The van der Waals surface area contributed by atoms with Crippen molar-refractivity contribution in [3.8, 4) is 0 Å². The molecule has 110 valence electrons. The fourth-order valence-electron chi connectivity index (χ4n) is 2.33. The van der Waals surface area contributed by atoms with Gasteiger partial charge in [-0.25, -0.2) is 4.79 Å². The summed E-state index contributed by atoms with van der Waals surface area (Å²) in [5, 5.41) is 3.38. The van der Waals surface area contributed by atoms with E-state index in [2.05, 4.69) is 25.2 Å². The number of carbonyl (C=O) groups excluding carboxylic acids is 1. The molecule has 1 N–H and O–H groups in total. The molecule has 0 saturated heterocycles. The Morgan fingerprint density at radius 2 is 2.05 bits per heavy atom. The van der Waals surface area contributed by atoms with Gasteiger partial charge in [0.05, 0.1) is 5.69 Å². The second kappa shape index (κ2) is 5.35. The quantitative estimate of drug-likeness (QED) is 0.893. The maximum absolute atomic E-state index is 12.2. The van der Waals surface area contributed by atoms with E-state index in [1.807, 2.05) is 32.9 Å². The first-order chi connectivity index (χ1) is 9.26. The molecule has 1 amide bonds. The lowest BCUT2D eigenvalue weighted by Crippen LogP contribution is -2.35. The number of anilines is 2. The molecule has 0 radical (unpaired) electrons. The first kappa shape index (κ1) is 14.7. The Morgan fingerprint density at radius 3 is 2.65 bits per heavy atom. The van der Waals surface area contributed by atoms with Gasteiger partial charge >= 0.3 is 6.09 Å². The van der Waals surface area contributed by atoms with Crippen LogP contribution in [0.5, 0.6) is 0 Å². The largest absolute Gasteiger partial charge is 0.443 e. The van der Waals surface area contributed by atoms with E-state index >= 15 is 0 Å². The predicted octanol–water partition coefficient (Wildman–Crippen LogP) is 3.80. The summed E-state index contributed by atoms with van der Waals surface area (Å²) in [6.07, 6.45) is 0.614. The summed E-state index contributed by atoms with van der Waals surface area (Å²) >= 11 is 0. The molecule has 2 rings (SSSR count). The molecule has 0 fully saturated rings. The van der Waals surface area contributed by atoms with Gasteiger partial charge in [0, 0.05) is 18.3 Å². The van der Waals surface area contributed by atoms with Gasteiger partial charge in [-0.05, 0) is 64.8 Å². The minimum atomic E-state index is -0.459. The second-order valence-corrected chi connectivity index (χ2v) is 6.52. The van der Waals surface area contributed by atoms with E-state index in [0.717, 1.165) is 17.8 Å². The Bertz CT molecular complexity index is 504. The van der Waals surface area contributed by atoms with Crippen LogP contribution in [0, 0.1) is 0 Å². The average Bonchev–Trinajstić information content (AvgIpc) is 2.68. The van der Waals surface area contributed by atoms with Crippen LogP contribution in [-0.4, -0.2) is 24.3 Å². The summed E-state index contributed by atoms with van der Waals surface area (Å²) in [5.41, 5.74) is 2.80. The molecule has 4 heteroatoms. The van der Waals surface area contributed by atoms with Crippen LogP contribution in [0.4, 0.5) is 16.2 Å². The topological polar surface area (TPSA) is 41.6 Å². The lowest BCUT2D eigenvalue weighted by molar-refractivity contribution is 0.0584. The Kier molecular flexibility index (Phi) is 3.93. The van der Waals surface area contributed by atoms with Gasteiger partial charge in [0.25, 0.3) is 0 Å². The maximum Gasteiger partial charge on any atom is 0.414 e. The van der Waals surface area contributed by atoms with E-state index in [1.165, 1.54) is 5.56 Å². The fourth-order valence-corrected chi connectivity index (χ4v) is 2.33. The van der Waals surface area contributed by atoms with Crippen LogP contribution in [0.1, 0.15) is 40.2 Å². The van der Waals surface area contributed by atoms with E-state index in [4.69, 9.17) is 4.74 Å². The van der Waals surface area contributed by atoms with Crippen molar-refractivity contribution in [3.05, 3.63) is 23.8 Å². The highest BCUT2D eigenvalue weighted by Crippen LogP contribution is 2.31. The molecule has 20 heavy (non-hydrogen) atoms. The average molecular weight is 276 g/mol. The van der Waals surface area contributed by atoms with Crippen molar-refractivity contribution < 1.29 is 9.53 Å². The summed E-state index contributed by atoms with van der Waals surface area (Å²) in [5.74, 6) is 0. The Morgan fingerprint density at radius 1 is 1.35 bits per heavy atom. The third kappa shape index (κ3) is 3.44. The van der Waals surface area contributed by atoms with Crippen molar-refractivity contribution in [3.63, 3.8) is 0 Å². The molecule has 4 nitrogen and oxygen atoms in total. The molecule has 1 aromatic carbocycles. The van der Waals surface area contributed by atoms with Gasteiger partial charge in [-0.15, -0.1) is 0 Å². The Balaban J connectivity index is 2.15. The number of fused-ring (bicyclic) bond motifs is 1. The number of carbonyl (C=O) groups is 1. The molecule has 1 heterocycles. The van der Waals surface area contributed by atoms with Gasteiger partial charge in [0.1, 0.15) is 5.60 Å². The zero-order chi connectivity index (χ0) is 14.9. The van der Waals surface area contributed by atoms with Crippen LogP contribution in [-0.2, 0) is 11.2 Å². The van der Waals surface area contributed by atoms with Gasteiger partial charge in [-0.2, -0.15) is 0 Å². The predicted molar refractivity (Wildman–Crippen MR) is 82.5 cm³/mol. The molecule has 0 atom stereocenters. The molecule has 0 bridgehead atoms. The van der Waals surface area contributed by atoms with Crippen molar-refractivity contribution in [1.29, 1.82) is 0 Å². The minimum absolute atomic E-state index is 0.263. The second-order valence-electron chi connectivity index (χ2n) is 6.52. The number of hydrogen-bond donors (Lipinski definition) is 1. The zero-order valence-electron chi connectivity index (χ0n) is 13.0. The van der Waals surface area contributed by atoms with E-state index in [0.29, 0.717) is 12.6 Å². The zero-order valence-corrected chi connectivity index (χ0v) is 13.0. The molecule has 1 aliphatic rings. The van der Waals surface area contributed by atoms with Crippen molar-refractivity contribution in [2.45, 2.75) is 52.7 Å². The molecule has 0 spiro atoms. The Hall–Kier alpha value is -1.71. The van der Waals surface area contributed by atoms with Crippen LogP contribution >= 0.6 is 0 Å². The van der Waals surface area contributed by atoms with E-state index in [-0.39, 0.29) is 6.09 Å². The molecule has 0 saturated carbocycles. The molecular formula is C16H24N2O2. The summed E-state index contributed by atoms with van der Waals surface area (Å²) in [7, 11) is 0. The van der Waals surface area contributed by atoms with Gasteiger partial charge in [0.15, 0.2) is 0 Å². The number of hydrogen-bond acceptors (Lipinski definition) is 3. The lowest BCUT2D eigenvalue weighted by Gasteiger charge is -2.25. The third-order valence-corrected chi connectivity index (χ3v) is 3.04. The number of amides is 1.